The fourth-order valence-electron chi connectivity index (χ4n) is 3.60. The highest BCUT2D eigenvalue weighted by Crippen LogP contribution is 2.23. The molecule has 2 aromatic rings. The zero-order valence-electron chi connectivity index (χ0n) is 18.8. The van der Waals surface area contributed by atoms with Crippen LogP contribution >= 0.6 is 11.8 Å². The number of nitrogens with one attached hydrogen (secondary N) is 1. The first kappa shape index (κ1) is 23.6. The third kappa shape index (κ3) is 7.87. The largest absolute Gasteiger partial charge is 0.492 e. The molecule has 0 saturated carbocycles. The van der Waals surface area contributed by atoms with Crippen LogP contribution in [-0.4, -0.2) is 55.5 Å². The number of hydrogen-bond donors (Lipinski definition) is 1. The molecule has 2 aromatic carbocycles. The molecule has 5 nitrogen and oxygen atoms in total. The van der Waals surface area contributed by atoms with Gasteiger partial charge in [0.1, 0.15) is 12.4 Å². The Morgan fingerprint density at radius 3 is 2.65 bits per heavy atom. The minimum Gasteiger partial charge on any atom is -0.492 e. The molecule has 0 spiro atoms. The quantitative estimate of drug-likeness (QED) is 0.545. The molecule has 0 bridgehead atoms. The van der Waals surface area contributed by atoms with Gasteiger partial charge in [0.25, 0.3) is 5.91 Å². The van der Waals surface area contributed by atoms with Crippen molar-refractivity contribution in [2.24, 2.45) is 0 Å². The van der Waals surface area contributed by atoms with E-state index in [2.05, 4.69) is 31.1 Å². The molecule has 0 unspecified atom stereocenters. The molecular weight excluding hydrogens is 408 g/mol. The normalized spacial score (nSPS) is 14.7. The molecule has 1 fully saturated rings. The summed E-state index contributed by atoms with van der Waals surface area (Å²) in [5, 5.41) is 3.52. The predicted molar refractivity (Wildman–Crippen MR) is 127 cm³/mol. The standard InChI is InChI=1S/C25H34N2O3S/c1-19(2)31-24-9-7-21(8-10-24)25(28)26-18-20-5-4-6-23(17-20)30-16-13-27(3)22-11-14-29-15-12-22/h4-10,17,19,22H,11-16,18H2,1-3H3,(H,26,28). The fraction of sp³-hybridized carbons (Fsp3) is 0.480. The Balaban J connectivity index is 1.43. The highest BCUT2D eigenvalue weighted by molar-refractivity contribution is 7.99. The Morgan fingerprint density at radius 1 is 1.19 bits per heavy atom. The summed E-state index contributed by atoms with van der Waals surface area (Å²) >= 11 is 1.79. The molecule has 1 aliphatic rings. The molecule has 1 saturated heterocycles. The number of carbonyl (C=O) groups is 1. The molecule has 31 heavy (non-hydrogen) atoms. The van der Waals surface area contributed by atoms with Crippen molar-refractivity contribution in [3.05, 3.63) is 59.7 Å². The van der Waals surface area contributed by atoms with E-state index in [1.165, 1.54) is 4.90 Å². The maximum atomic E-state index is 12.5. The van der Waals surface area contributed by atoms with Crippen LogP contribution in [0.3, 0.4) is 0 Å². The second-order valence-corrected chi connectivity index (χ2v) is 9.84. The maximum Gasteiger partial charge on any atom is 0.251 e. The van der Waals surface area contributed by atoms with Crippen molar-refractivity contribution in [3.8, 4) is 5.75 Å². The second-order valence-electron chi connectivity index (χ2n) is 8.19. The van der Waals surface area contributed by atoms with Crippen LogP contribution in [0.25, 0.3) is 0 Å². The summed E-state index contributed by atoms with van der Waals surface area (Å²) in [7, 11) is 2.15. The van der Waals surface area contributed by atoms with Crippen molar-refractivity contribution in [2.75, 3.05) is 33.4 Å². The van der Waals surface area contributed by atoms with Gasteiger partial charge in [-0.2, -0.15) is 0 Å². The van der Waals surface area contributed by atoms with E-state index < -0.39 is 0 Å². The SMILES string of the molecule is CC(C)Sc1ccc(C(=O)NCc2cccc(OCCN(C)C3CCOCC3)c2)cc1. The number of rotatable bonds is 10. The zero-order chi connectivity index (χ0) is 22.1. The smallest absolute Gasteiger partial charge is 0.251 e. The van der Waals surface area contributed by atoms with E-state index in [0.29, 0.717) is 30.0 Å². The van der Waals surface area contributed by atoms with Crippen molar-refractivity contribution < 1.29 is 14.3 Å². The lowest BCUT2D eigenvalue weighted by atomic mass is 10.1. The van der Waals surface area contributed by atoms with Crippen LogP contribution in [0.15, 0.2) is 53.4 Å². The van der Waals surface area contributed by atoms with Crippen LogP contribution in [0.4, 0.5) is 0 Å². The summed E-state index contributed by atoms with van der Waals surface area (Å²) in [4.78, 5) is 16.0. The summed E-state index contributed by atoms with van der Waals surface area (Å²) in [6.07, 6.45) is 2.18. The van der Waals surface area contributed by atoms with Crippen LogP contribution in [0.2, 0.25) is 0 Å². The van der Waals surface area contributed by atoms with Gasteiger partial charge >= 0.3 is 0 Å². The summed E-state index contributed by atoms with van der Waals surface area (Å²) in [5.41, 5.74) is 1.70. The molecule has 1 heterocycles. The first-order chi connectivity index (χ1) is 15.0. The van der Waals surface area contributed by atoms with Crippen LogP contribution in [0.1, 0.15) is 42.6 Å². The first-order valence-electron chi connectivity index (χ1n) is 11.1. The van der Waals surface area contributed by atoms with E-state index in [1.807, 2.05) is 48.5 Å². The Labute approximate surface area is 190 Å². The molecule has 1 N–H and O–H groups in total. The van der Waals surface area contributed by atoms with Gasteiger partial charge in [-0.3, -0.25) is 9.69 Å². The topological polar surface area (TPSA) is 50.8 Å². The molecule has 1 amide bonds. The highest BCUT2D eigenvalue weighted by Gasteiger charge is 2.18. The van der Waals surface area contributed by atoms with Crippen molar-refractivity contribution >= 4 is 17.7 Å². The van der Waals surface area contributed by atoms with E-state index in [0.717, 1.165) is 43.9 Å². The molecule has 0 aromatic heterocycles. The van der Waals surface area contributed by atoms with Crippen LogP contribution in [-0.2, 0) is 11.3 Å². The zero-order valence-corrected chi connectivity index (χ0v) is 19.6. The lowest BCUT2D eigenvalue weighted by molar-refractivity contribution is 0.0392. The molecular formula is C25H34N2O3S. The summed E-state index contributed by atoms with van der Waals surface area (Å²) in [6, 6.07) is 16.3. The summed E-state index contributed by atoms with van der Waals surface area (Å²) in [6.45, 7) is 8.03. The van der Waals surface area contributed by atoms with Crippen LogP contribution in [0, 0.1) is 0 Å². The maximum absolute atomic E-state index is 12.5. The van der Waals surface area contributed by atoms with Gasteiger partial charge in [0, 0.05) is 48.1 Å². The Kier molecular flexibility index (Phi) is 9.25. The molecule has 3 rings (SSSR count). The van der Waals surface area contributed by atoms with Gasteiger partial charge in [0.2, 0.25) is 0 Å². The number of hydrogen-bond acceptors (Lipinski definition) is 5. The van der Waals surface area contributed by atoms with E-state index >= 15 is 0 Å². The van der Waals surface area contributed by atoms with Crippen molar-refractivity contribution in [3.63, 3.8) is 0 Å². The van der Waals surface area contributed by atoms with Gasteiger partial charge in [0.05, 0.1) is 0 Å². The number of amides is 1. The Bertz CT molecular complexity index is 820. The Hall–Kier alpha value is -2.02. The monoisotopic (exact) mass is 442 g/mol. The molecule has 168 valence electrons. The number of nitrogens with zero attached hydrogens (tertiary/aromatic N) is 1. The molecule has 0 aliphatic carbocycles. The minimum atomic E-state index is -0.0643. The van der Waals surface area contributed by atoms with Gasteiger partial charge < -0.3 is 14.8 Å². The van der Waals surface area contributed by atoms with Crippen molar-refractivity contribution in [1.29, 1.82) is 0 Å². The average Bonchev–Trinajstić information content (AvgIpc) is 2.78. The van der Waals surface area contributed by atoms with Gasteiger partial charge in [-0.05, 0) is 61.9 Å². The third-order valence-electron chi connectivity index (χ3n) is 5.37. The molecule has 0 radical (unpaired) electrons. The minimum absolute atomic E-state index is 0.0643. The Morgan fingerprint density at radius 2 is 1.94 bits per heavy atom. The van der Waals surface area contributed by atoms with Crippen molar-refractivity contribution in [2.45, 2.75) is 49.4 Å². The fourth-order valence-corrected chi connectivity index (χ4v) is 4.44. The van der Waals surface area contributed by atoms with Gasteiger partial charge in [0.15, 0.2) is 0 Å². The lowest BCUT2D eigenvalue weighted by Gasteiger charge is -2.31. The number of ether oxygens (including phenoxy) is 2. The van der Waals surface area contributed by atoms with Gasteiger partial charge in [-0.1, -0.05) is 26.0 Å². The van der Waals surface area contributed by atoms with Gasteiger partial charge in [-0.25, -0.2) is 0 Å². The number of likely N-dealkylation sites (N-methyl/N-ethyl adjacent to an activating group) is 1. The van der Waals surface area contributed by atoms with E-state index in [-0.39, 0.29) is 5.91 Å². The van der Waals surface area contributed by atoms with Gasteiger partial charge in [-0.15, -0.1) is 11.8 Å². The highest BCUT2D eigenvalue weighted by atomic mass is 32.2. The third-order valence-corrected chi connectivity index (χ3v) is 6.38. The number of benzene rings is 2. The van der Waals surface area contributed by atoms with Crippen molar-refractivity contribution in [1.82, 2.24) is 10.2 Å². The first-order valence-corrected chi connectivity index (χ1v) is 11.9. The summed E-state index contributed by atoms with van der Waals surface area (Å²) in [5.74, 6) is 0.771. The van der Waals surface area contributed by atoms with E-state index in [9.17, 15) is 4.79 Å². The van der Waals surface area contributed by atoms with Crippen LogP contribution < -0.4 is 10.1 Å². The number of carbonyl (C=O) groups excluding carboxylic acids is 1. The molecule has 1 aliphatic heterocycles. The second kappa shape index (κ2) is 12.1. The molecule has 0 atom stereocenters. The lowest BCUT2D eigenvalue weighted by Crippen LogP contribution is -2.38. The van der Waals surface area contributed by atoms with E-state index in [1.54, 1.807) is 11.8 Å². The van der Waals surface area contributed by atoms with Crippen LogP contribution in [0.5, 0.6) is 5.75 Å². The molecule has 6 heteroatoms. The average molecular weight is 443 g/mol. The number of thioether (sulfide) groups is 1. The summed E-state index contributed by atoms with van der Waals surface area (Å²) < 4.78 is 11.4. The predicted octanol–water partition coefficient (Wildman–Crippen LogP) is 4.61. The van der Waals surface area contributed by atoms with E-state index in [4.69, 9.17) is 9.47 Å².